The Morgan fingerprint density at radius 2 is 1.81 bits per heavy atom. The van der Waals surface area contributed by atoms with E-state index >= 15 is 0 Å². The highest BCUT2D eigenvalue weighted by Gasteiger charge is 2.24. The lowest BCUT2D eigenvalue weighted by Gasteiger charge is -2.10. The molecule has 2 heteroatoms. The Kier molecular flexibility index (Phi) is 2.13. The van der Waals surface area contributed by atoms with E-state index in [-0.39, 0.29) is 5.56 Å². The number of benzene rings is 1. The summed E-state index contributed by atoms with van der Waals surface area (Å²) in [6, 6.07) is 15.8. The van der Waals surface area contributed by atoms with Crippen molar-refractivity contribution in [3.05, 3.63) is 76.7 Å². The van der Waals surface area contributed by atoms with E-state index in [0.29, 0.717) is 5.92 Å². The van der Waals surface area contributed by atoms with Crippen LogP contribution in [0.25, 0.3) is 0 Å². The summed E-state index contributed by atoms with van der Waals surface area (Å²) in [5, 5.41) is 0. The highest BCUT2D eigenvalue weighted by Crippen LogP contribution is 2.33. The molecule has 0 amide bonds. The Bertz CT molecular complexity index is 556. The fourth-order valence-corrected chi connectivity index (χ4v) is 2.32. The minimum atomic E-state index is 0.0657. The minimum Gasteiger partial charge on any atom is -0.307 e. The van der Waals surface area contributed by atoms with Crippen LogP contribution >= 0.6 is 0 Å². The van der Waals surface area contributed by atoms with Crippen molar-refractivity contribution in [3.8, 4) is 0 Å². The molecule has 0 spiro atoms. The molecule has 1 unspecified atom stereocenters. The molecule has 16 heavy (non-hydrogen) atoms. The van der Waals surface area contributed by atoms with Gasteiger partial charge in [0.1, 0.15) is 0 Å². The van der Waals surface area contributed by atoms with Crippen LogP contribution in [0.15, 0.2) is 53.3 Å². The average molecular weight is 210 g/mol. The van der Waals surface area contributed by atoms with E-state index in [2.05, 4.69) is 12.1 Å². The maximum atomic E-state index is 11.6. The SMILES string of the molecule is O=c1cccc2n1[CH]CC2c1ccccc1. The maximum absolute atomic E-state index is 11.6. The lowest BCUT2D eigenvalue weighted by Crippen LogP contribution is -2.16. The van der Waals surface area contributed by atoms with Crippen LogP contribution in [-0.2, 0) is 0 Å². The van der Waals surface area contributed by atoms with Gasteiger partial charge >= 0.3 is 0 Å². The maximum Gasteiger partial charge on any atom is 0.251 e. The molecule has 0 bridgehead atoms. The fraction of sp³-hybridized carbons (Fsp3) is 0.143. The molecule has 1 aromatic heterocycles. The molecule has 2 aromatic rings. The van der Waals surface area contributed by atoms with E-state index in [1.165, 1.54) is 5.56 Å². The average Bonchev–Trinajstić information content (AvgIpc) is 2.75. The van der Waals surface area contributed by atoms with E-state index in [1.54, 1.807) is 10.6 Å². The third-order valence-electron chi connectivity index (χ3n) is 3.10. The molecule has 79 valence electrons. The summed E-state index contributed by atoms with van der Waals surface area (Å²) in [6.07, 6.45) is 0.906. The molecule has 1 radical (unpaired) electrons. The van der Waals surface area contributed by atoms with Gasteiger partial charge < -0.3 is 4.57 Å². The van der Waals surface area contributed by atoms with Crippen molar-refractivity contribution >= 4 is 0 Å². The van der Waals surface area contributed by atoms with E-state index in [4.69, 9.17) is 0 Å². The van der Waals surface area contributed by atoms with Gasteiger partial charge in [0.25, 0.3) is 5.56 Å². The molecule has 1 aliphatic heterocycles. The number of nitrogens with zero attached hydrogens (tertiary/aromatic N) is 1. The molecular weight excluding hydrogens is 198 g/mol. The number of hydrogen-bond acceptors (Lipinski definition) is 1. The quantitative estimate of drug-likeness (QED) is 0.708. The molecule has 0 saturated heterocycles. The van der Waals surface area contributed by atoms with E-state index in [1.807, 2.05) is 36.9 Å². The summed E-state index contributed by atoms with van der Waals surface area (Å²) in [6.45, 7) is 1.98. The van der Waals surface area contributed by atoms with E-state index < -0.39 is 0 Å². The van der Waals surface area contributed by atoms with Gasteiger partial charge in [0.2, 0.25) is 0 Å². The van der Waals surface area contributed by atoms with Gasteiger partial charge in [-0.1, -0.05) is 36.4 Å². The van der Waals surface area contributed by atoms with E-state index in [9.17, 15) is 4.79 Å². The highest BCUT2D eigenvalue weighted by molar-refractivity contribution is 5.33. The summed E-state index contributed by atoms with van der Waals surface area (Å²) >= 11 is 0. The molecule has 3 rings (SSSR count). The van der Waals surface area contributed by atoms with Crippen LogP contribution in [0.5, 0.6) is 0 Å². The van der Waals surface area contributed by atoms with Gasteiger partial charge in [0.05, 0.1) is 6.54 Å². The van der Waals surface area contributed by atoms with Gasteiger partial charge in [0.15, 0.2) is 0 Å². The number of fused-ring (bicyclic) bond motifs is 1. The molecule has 2 nitrogen and oxygen atoms in total. The highest BCUT2D eigenvalue weighted by atomic mass is 16.1. The topological polar surface area (TPSA) is 22.0 Å². The van der Waals surface area contributed by atoms with Crippen LogP contribution in [-0.4, -0.2) is 4.57 Å². The van der Waals surface area contributed by atoms with Gasteiger partial charge in [-0.05, 0) is 18.1 Å². The zero-order valence-corrected chi connectivity index (χ0v) is 8.84. The van der Waals surface area contributed by atoms with Crippen molar-refractivity contribution in [2.45, 2.75) is 12.3 Å². The Labute approximate surface area is 94.2 Å². The number of aromatic nitrogens is 1. The summed E-state index contributed by atoms with van der Waals surface area (Å²) in [5.74, 6) is 0.329. The monoisotopic (exact) mass is 210 g/mol. The van der Waals surface area contributed by atoms with Crippen LogP contribution in [0.1, 0.15) is 23.6 Å². The van der Waals surface area contributed by atoms with Gasteiger partial charge in [-0.2, -0.15) is 0 Å². The van der Waals surface area contributed by atoms with Crippen molar-refractivity contribution in [1.29, 1.82) is 0 Å². The Hall–Kier alpha value is -1.83. The zero-order chi connectivity index (χ0) is 11.0. The number of rotatable bonds is 1. The molecule has 1 aliphatic rings. The van der Waals surface area contributed by atoms with E-state index in [0.717, 1.165) is 12.1 Å². The van der Waals surface area contributed by atoms with Crippen LogP contribution < -0.4 is 5.56 Å². The molecule has 1 atom stereocenters. The molecule has 2 heterocycles. The fourth-order valence-electron chi connectivity index (χ4n) is 2.32. The summed E-state index contributed by atoms with van der Waals surface area (Å²) in [4.78, 5) is 11.6. The third kappa shape index (κ3) is 1.38. The summed E-state index contributed by atoms with van der Waals surface area (Å²) in [7, 11) is 0. The van der Waals surface area contributed by atoms with Crippen molar-refractivity contribution in [2.24, 2.45) is 0 Å². The van der Waals surface area contributed by atoms with Crippen molar-refractivity contribution in [1.82, 2.24) is 4.57 Å². The van der Waals surface area contributed by atoms with Gasteiger partial charge in [-0.25, -0.2) is 0 Å². The van der Waals surface area contributed by atoms with Gasteiger partial charge in [-0.15, -0.1) is 0 Å². The second-order valence-electron chi connectivity index (χ2n) is 4.04. The Morgan fingerprint density at radius 1 is 1.00 bits per heavy atom. The normalized spacial score (nSPS) is 18.4. The van der Waals surface area contributed by atoms with Gasteiger partial charge in [-0.3, -0.25) is 4.79 Å². The van der Waals surface area contributed by atoms with Crippen molar-refractivity contribution < 1.29 is 0 Å². The van der Waals surface area contributed by atoms with Crippen molar-refractivity contribution in [2.75, 3.05) is 0 Å². The first-order valence-electron chi connectivity index (χ1n) is 5.46. The lowest BCUT2D eigenvalue weighted by atomic mass is 9.95. The number of hydrogen-bond donors (Lipinski definition) is 0. The molecule has 0 saturated carbocycles. The first-order chi connectivity index (χ1) is 7.86. The summed E-state index contributed by atoms with van der Waals surface area (Å²) in [5.41, 5.74) is 2.44. The van der Waals surface area contributed by atoms with Crippen LogP contribution in [0.4, 0.5) is 0 Å². The van der Waals surface area contributed by atoms with Crippen LogP contribution in [0.2, 0.25) is 0 Å². The molecule has 0 N–H and O–H groups in total. The second-order valence-corrected chi connectivity index (χ2v) is 4.04. The van der Waals surface area contributed by atoms with Crippen LogP contribution in [0.3, 0.4) is 0 Å². The predicted molar refractivity (Wildman–Crippen MR) is 63.3 cm³/mol. The Morgan fingerprint density at radius 3 is 2.62 bits per heavy atom. The lowest BCUT2D eigenvalue weighted by molar-refractivity contribution is 0.854. The smallest absolute Gasteiger partial charge is 0.251 e. The molecule has 0 fully saturated rings. The van der Waals surface area contributed by atoms with Gasteiger partial charge in [0, 0.05) is 17.7 Å². The molecule has 0 aliphatic carbocycles. The first kappa shape index (κ1) is 9.40. The zero-order valence-electron chi connectivity index (χ0n) is 8.84. The number of pyridine rings is 1. The third-order valence-corrected chi connectivity index (χ3v) is 3.10. The predicted octanol–water partition coefficient (Wildman–Crippen LogP) is 2.39. The summed E-state index contributed by atoms with van der Waals surface area (Å²) < 4.78 is 1.76. The second kappa shape index (κ2) is 3.63. The Balaban J connectivity index is 2.11. The largest absolute Gasteiger partial charge is 0.307 e. The van der Waals surface area contributed by atoms with Crippen LogP contribution in [0, 0.1) is 6.54 Å². The molecular formula is C14H12NO. The van der Waals surface area contributed by atoms with Crippen molar-refractivity contribution in [3.63, 3.8) is 0 Å². The minimum absolute atomic E-state index is 0.0657. The standard InChI is InChI=1S/C14H12NO/c16-14-8-4-7-13-12(9-10-15(13)14)11-5-2-1-3-6-11/h1-8,10,12H,9H2. The first-order valence-corrected chi connectivity index (χ1v) is 5.46. The molecule has 1 aromatic carbocycles.